The quantitative estimate of drug-likeness (QED) is 0.682. The van der Waals surface area contributed by atoms with E-state index in [1.54, 1.807) is 0 Å². The van der Waals surface area contributed by atoms with Crippen LogP contribution in [0.25, 0.3) is 11.3 Å². The third-order valence-electron chi connectivity index (χ3n) is 2.61. The number of nitrogens with zero attached hydrogens (tertiary/aromatic N) is 1. The van der Waals surface area contributed by atoms with Gasteiger partial charge in [-0.1, -0.05) is 18.6 Å². The fraction of sp³-hybridized carbons (Fsp3) is 0.214. The summed E-state index contributed by atoms with van der Waals surface area (Å²) in [5.41, 5.74) is 5.81. The predicted molar refractivity (Wildman–Crippen MR) is 62.7 cm³/mol. The van der Waals surface area contributed by atoms with Crippen molar-refractivity contribution in [3.63, 3.8) is 0 Å². The Hall–Kier alpha value is -0.981. The maximum absolute atomic E-state index is 4.42. The van der Waals surface area contributed by atoms with Gasteiger partial charge in [-0.15, -0.1) is 35.4 Å². The van der Waals surface area contributed by atoms with Crippen molar-refractivity contribution >= 4 is 0 Å². The van der Waals surface area contributed by atoms with Gasteiger partial charge in [-0.05, 0) is 25.1 Å². The Bertz CT molecular complexity index is 492. The first-order valence-corrected chi connectivity index (χ1v) is 5.09. The van der Waals surface area contributed by atoms with Gasteiger partial charge >= 0.3 is 0 Å². The van der Waals surface area contributed by atoms with Gasteiger partial charge in [-0.3, -0.25) is 0 Å². The van der Waals surface area contributed by atoms with Crippen molar-refractivity contribution in [3.8, 4) is 11.3 Å². The summed E-state index contributed by atoms with van der Waals surface area (Å²) in [6.07, 6.45) is 1.92. The van der Waals surface area contributed by atoms with Crippen molar-refractivity contribution < 1.29 is 20.1 Å². The van der Waals surface area contributed by atoms with E-state index in [4.69, 9.17) is 0 Å². The Kier molecular flexibility index (Phi) is 4.40. The maximum atomic E-state index is 4.42. The Balaban J connectivity index is 0.00000128. The zero-order valence-electron chi connectivity index (χ0n) is 9.67. The van der Waals surface area contributed by atoms with E-state index in [0.29, 0.717) is 0 Å². The van der Waals surface area contributed by atoms with Crippen molar-refractivity contribution in [2.75, 3.05) is 0 Å². The topological polar surface area (TPSA) is 12.9 Å². The van der Waals surface area contributed by atoms with Crippen LogP contribution in [0.15, 0.2) is 30.5 Å². The summed E-state index contributed by atoms with van der Waals surface area (Å²) >= 11 is 0. The molecule has 1 radical (unpaired) electrons. The first-order valence-electron chi connectivity index (χ1n) is 5.09. The van der Waals surface area contributed by atoms with Gasteiger partial charge in [0, 0.05) is 26.3 Å². The van der Waals surface area contributed by atoms with Gasteiger partial charge in [-0.25, -0.2) is 0 Å². The second kappa shape index (κ2) is 5.38. The van der Waals surface area contributed by atoms with Crippen LogP contribution in [-0.2, 0) is 20.1 Å². The number of rotatable bonds is 1. The summed E-state index contributed by atoms with van der Waals surface area (Å²) < 4.78 is 0. The van der Waals surface area contributed by atoms with Crippen LogP contribution < -0.4 is 0 Å². The zero-order chi connectivity index (χ0) is 10.8. The van der Waals surface area contributed by atoms with Gasteiger partial charge in [0.2, 0.25) is 0 Å². The second-order valence-electron chi connectivity index (χ2n) is 3.93. The fourth-order valence-electron chi connectivity index (χ4n) is 1.50. The van der Waals surface area contributed by atoms with Gasteiger partial charge in [0.25, 0.3) is 0 Å². The number of benzene rings is 1. The van der Waals surface area contributed by atoms with Crippen molar-refractivity contribution in [2.45, 2.75) is 20.8 Å². The molecule has 0 amide bonds. The Morgan fingerprint density at radius 2 is 1.81 bits per heavy atom. The molecule has 2 aromatic rings. The Morgan fingerprint density at radius 3 is 2.44 bits per heavy atom. The van der Waals surface area contributed by atoms with Crippen LogP contribution in [0.2, 0.25) is 0 Å². The van der Waals surface area contributed by atoms with Crippen molar-refractivity contribution in [1.82, 2.24) is 4.98 Å². The number of hydrogen-bond donors (Lipinski definition) is 0. The molecule has 0 bridgehead atoms. The van der Waals surface area contributed by atoms with E-state index in [0.717, 1.165) is 11.3 Å². The molecule has 85 valence electrons. The van der Waals surface area contributed by atoms with Crippen LogP contribution in [0.5, 0.6) is 0 Å². The summed E-state index contributed by atoms with van der Waals surface area (Å²) in [6, 6.07) is 11.4. The first-order chi connectivity index (χ1) is 7.16. The van der Waals surface area contributed by atoms with Gasteiger partial charge in [0.15, 0.2) is 0 Å². The Morgan fingerprint density at radius 1 is 1.06 bits per heavy atom. The summed E-state index contributed by atoms with van der Waals surface area (Å²) in [5.74, 6) is 0. The minimum atomic E-state index is 0. The molecular formula is C14H14IrN-. The molecule has 0 atom stereocenters. The van der Waals surface area contributed by atoms with Crippen LogP contribution >= 0.6 is 0 Å². The van der Waals surface area contributed by atoms with Crippen molar-refractivity contribution in [1.29, 1.82) is 0 Å². The summed E-state index contributed by atoms with van der Waals surface area (Å²) in [7, 11) is 0. The molecule has 1 aromatic carbocycles. The molecule has 16 heavy (non-hydrogen) atoms. The normalized spacial score (nSPS) is 9.69. The Labute approximate surface area is 110 Å². The molecule has 1 heterocycles. The fourth-order valence-corrected chi connectivity index (χ4v) is 1.50. The minimum Gasteiger partial charge on any atom is -0.304 e. The summed E-state index contributed by atoms with van der Waals surface area (Å²) in [5, 5.41) is 0. The molecule has 0 saturated heterocycles. The molecule has 0 fully saturated rings. The molecule has 0 N–H and O–H groups in total. The molecular weight excluding hydrogens is 374 g/mol. The molecule has 1 aromatic heterocycles. The molecule has 0 spiro atoms. The molecule has 0 unspecified atom stereocenters. The number of aromatic nitrogens is 1. The van der Waals surface area contributed by atoms with Crippen LogP contribution in [0.3, 0.4) is 0 Å². The number of aryl methyl sites for hydroxylation is 3. The van der Waals surface area contributed by atoms with Crippen LogP contribution in [0, 0.1) is 26.8 Å². The average molecular weight is 388 g/mol. The third-order valence-corrected chi connectivity index (χ3v) is 2.61. The molecule has 2 rings (SSSR count). The molecule has 0 aliphatic heterocycles. The van der Waals surface area contributed by atoms with E-state index in [2.05, 4.69) is 44.0 Å². The number of hydrogen-bond acceptors (Lipinski definition) is 1. The first kappa shape index (κ1) is 13.1. The van der Waals surface area contributed by atoms with E-state index in [-0.39, 0.29) is 20.1 Å². The largest absolute Gasteiger partial charge is 0.304 e. The number of pyridine rings is 1. The van der Waals surface area contributed by atoms with Crippen molar-refractivity contribution in [3.05, 3.63) is 53.2 Å². The van der Waals surface area contributed by atoms with Gasteiger partial charge < -0.3 is 4.98 Å². The molecule has 0 saturated carbocycles. The molecule has 0 aliphatic carbocycles. The smallest absolute Gasteiger partial charge is 0.0192 e. The van der Waals surface area contributed by atoms with E-state index in [1.165, 1.54) is 16.7 Å². The average Bonchev–Trinajstić information content (AvgIpc) is 2.22. The zero-order valence-corrected chi connectivity index (χ0v) is 12.1. The summed E-state index contributed by atoms with van der Waals surface area (Å²) in [4.78, 5) is 4.42. The van der Waals surface area contributed by atoms with Crippen LogP contribution in [-0.4, -0.2) is 4.98 Å². The van der Waals surface area contributed by atoms with Gasteiger partial charge in [0.1, 0.15) is 0 Å². The monoisotopic (exact) mass is 389 g/mol. The summed E-state index contributed by atoms with van der Waals surface area (Å²) in [6.45, 7) is 6.26. The second-order valence-corrected chi connectivity index (χ2v) is 3.93. The van der Waals surface area contributed by atoms with E-state index >= 15 is 0 Å². The van der Waals surface area contributed by atoms with Crippen LogP contribution in [0.1, 0.15) is 16.7 Å². The third kappa shape index (κ3) is 2.78. The SMILES string of the molecule is Cc1cc[c-]c(-c2cc(C)c(C)cn2)c1.[Ir]. The molecule has 2 heteroatoms. The van der Waals surface area contributed by atoms with Crippen molar-refractivity contribution in [2.24, 2.45) is 0 Å². The predicted octanol–water partition coefficient (Wildman–Crippen LogP) is 3.47. The van der Waals surface area contributed by atoms with E-state index in [9.17, 15) is 0 Å². The standard InChI is InChI=1S/C14H14N.Ir/c1-10-5-4-6-13(7-10)14-8-11(2)12(3)9-15-14;/h4-5,7-9H,1-3H3;/q-1;. The van der Waals surface area contributed by atoms with Gasteiger partial charge in [-0.2, -0.15) is 0 Å². The maximum Gasteiger partial charge on any atom is 0.0192 e. The minimum absolute atomic E-state index is 0. The van der Waals surface area contributed by atoms with E-state index in [1.807, 2.05) is 18.3 Å². The van der Waals surface area contributed by atoms with Gasteiger partial charge in [0.05, 0.1) is 0 Å². The van der Waals surface area contributed by atoms with E-state index < -0.39 is 0 Å². The molecule has 1 nitrogen and oxygen atoms in total. The molecule has 0 aliphatic rings. The van der Waals surface area contributed by atoms with Crippen LogP contribution in [0.4, 0.5) is 0 Å².